The van der Waals surface area contributed by atoms with Crippen LogP contribution in [0.4, 0.5) is 19.0 Å². The number of nitrogens with zero attached hydrogens (tertiary/aromatic N) is 5. The molecule has 0 aliphatic carbocycles. The number of hydrogen-bond donors (Lipinski definition) is 1. The Labute approximate surface area is 195 Å². The highest BCUT2D eigenvalue weighted by atomic mass is 35.5. The van der Waals surface area contributed by atoms with E-state index in [1.807, 2.05) is 0 Å². The molecule has 0 unspecified atom stereocenters. The molecule has 0 saturated carbocycles. The number of halogens is 5. The molecule has 0 spiro atoms. The summed E-state index contributed by atoms with van der Waals surface area (Å²) in [5.41, 5.74) is 0.0242. The van der Waals surface area contributed by atoms with E-state index < -0.39 is 17.8 Å². The minimum atomic E-state index is -4.68. The molecule has 33 heavy (non-hydrogen) atoms. The SMILES string of the molecule is O=C(Cc1ccc(Cl)cc1Cl)Nc1ccc(-n2nc(-c3cccnc3)cc2C(F)(F)F)nn1. The highest BCUT2D eigenvalue weighted by Crippen LogP contribution is 2.33. The summed E-state index contributed by atoms with van der Waals surface area (Å²) in [5.74, 6) is -0.548. The van der Waals surface area contributed by atoms with Crippen LogP contribution in [0, 0.1) is 0 Å². The number of amides is 1. The zero-order valence-electron chi connectivity index (χ0n) is 16.5. The van der Waals surface area contributed by atoms with Crippen molar-refractivity contribution in [1.29, 1.82) is 0 Å². The number of pyridine rings is 1. The third-order valence-corrected chi connectivity index (χ3v) is 5.05. The molecule has 0 fully saturated rings. The van der Waals surface area contributed by atoms with Crippen LogP contribution in [0.5, 0.6) is 0 Å². The van der Waals surface area contributed by atoms with Gasteiger partial charge >= 0.3 is 6.18 Å². The molecule has 0 aliphatic rings. The van der Waals surface area contributed by atoms with Crippen molar-refractivity contribution in [3.05, 3.63) is 82.2 Å². The average molecular weight is 493 g/mol. The van der Waals surface area contributed by atoms with E-state index in [0.717, 1.165) is 6.07 Å². The van der Waals surface area contributed by atoms with Crippen molar-refractivity contribution in [2.45, 2.75) is 12.6 Å². The summed E-state index contributed by atoms with van der Waals surface area (Å²) in [4.78, 5) is 16.2. The lowest BCUT2D eigenvalue weighted by atomic mass is 10.1. The molecule has 4 rings (SSSR count). The number of nitrogens with one attached hydrogen (secondary N) is 1. The quantitative estimate of drug-likeness (QED) is 0.412. The Morgan fingerprint density at radius 3 is 2.52 bits per heavy atom. The smallest absolute Gasteiger partial charge is 0.309 e. The van der Waals surface area contributed by atoms with E-state index in [4.69, 9.17) is 23.2 Å². The van der Waals surface area contributed by atoms with Gasteiger partial charge in [0.15, 0.2) is 17.3 Å². The number of rotatable bonds is 5. The Hall–Kier alpha value is -3.50. The molecule has 0 saturated heterocycles. The molecule has 1 N–H and O–H groups in total. The maximum Gasteiger partial charge on any atom is 0.433 e. The van der Waals surface area contributed by atoms with Crippen LogP contribution in [0.25, 0.3) is 17.1 Å². The summed E-state index contributed by atoms with van der Waals surface area (Å²) in [6.45, 7) is 0. The minimum absolute atomic E-state index is 0.0503. The van der Waals surface area contributed by atoms with Gasteiger partial charge in [0.25, 0.3) is 0 Å². The van der Waals surface area contributed by atoms with Crippen LogP contribution in [-0.2, 0) is 17.4 Å². The van der Waals surface area contributed by atoms with Crippen LogP contribution >= 0.6 is 23.2 Å². The summed E-state index contributed by atoms with van der Waals surface area (Å²) in [7, 11) is 0. The molecule has 0 bridgehead atoms. The van der Waals surface area contributed by atoms with Crippen molar-refractivity contribution in [3.63, 3.8) is 0 Å². The van der Waals surface area contributed by atoms with Gasteiger partial charge in [0.05, 0.1) is 12.1 Å². The first kappa shape index (κ1) is 22.7. The van der Waals surface area contributed by atoms with Gasteiger partial charge in [-0.15, -0.1) is 10.2 Å². The lowest BCUT2D eigenvalue weighted by Gasteiger charge is -2.10. The third kappa shape index (κ3) is 5.29. The molecule has 168 valence electrons. The van der Waals surface area contributed by atoms with Crippen molar-refractivity contribution in [1.82, 2.24) is 25.0 Å². The minimum Gasteiger partial charge on any atom is -0.309 e. The largest absolute Gasteiger partial charge is 0.433 e. The van der Waals surface area contributed by atoms with Crippen molar-refractivity contribution >= 4 is 34.9 Å². The summed E-state index contributed by atoms with van der Waals surface area (Å²) in [6, 6.07) is 11.4. The Kier molecular flexibility index (Phi) is 6.30. The predicted molar refractivity (Wildman–Crippen MR) is 116 cm³/mol. The molecule has 4 aromatic rings. The van der Waals surface area contributed by atoms with Crippen LogP contribution in [0.15, 0.2) is 60.9 Å². The van der Waals surface area contributed by atoms with Crippen molar-refractivity contribution in [2.75, 3.05) is 5.32 Å². The first-order valence-electron chi connectivity index (χ1n) is 9.36. The lowest BCUT2D eigenvalue weighted by Crippen LogP contribution is -2.17. The molecule has 1 amide bonds. The van der Waals surface area contributed by atoms with Crippen LogP contribution in [0.1, 0.15) is 11.3 Å². The van der Waals surface area contributed by atoms with Gasteiger partial charge in [0, 0.05) is 28.0 Å². The van der Waals surface area contributed by atoms with Gasteiger partial charge in [-0.3, -0.25) is 9.78 Å². The van der Waals surface area contributed by atoms with Crippen LogP contribution < -0.4 is 5.32 Å². The highest BCUT2D eigenvalue weighted by Gasteiger charge is 2.37. The maximum atomic E-state index is 13.6. The van der Waals surface area contributed by atoms with Gasteiger partial charge in [-0.1, -0.05) is 29.3 Å². The zero-order valence-corrected chi connectivity index (χ0v) is 18.0. The van der Waals surface area contributed by atoms with E-state index in [9.17, 15) is 18.0 Å². The molecular weight excluding hydrogens is 480 g/mol. The summed E-state index contributed by atoms with van der Waals surface area (Å²) in [6.07, 6.45) is -1.82. The third-order valence-electron chi connectivity index (χ3n) is 4.46. The molecular formula is C21H13Cl2F3N6O. The van der Waals surface area contributed by atoms with Crippen LogP contribution in [0.3, 0.4) is 0 Å². The molecule has 3 heterocycles. The van der Waals surface area contributed by atoms with Gasteiger partial charge in [-0.2, -0.15) is 18.3 Å². The zero-order chi connectivity index (χ0) is 23.6. The fourth-order valence-electron chi connectivity index (χ4n) is 2.94. The van der Waals surface area contributed by atoms with Crippen molar-refractivity contribution in [2.24, 2.45) is 0 Å². The Bertz CT molecular complexity index is 1290. The number of carbonyl (C=O) groups excluding carboxylic acids is 1. The number of aromatic nitrogens is 5. The monoisotopic (exact) mass is 492 g/mol. The molecule has 0 aliphatic heterocycles. The van der Waals surface area contributed by atoms with Crippen molar-refractivity contribution < 1.29 is 18.0 Å². The fraction of sp³-hybridized carbons (Fsp3) is 0.0952. The standard InChI is InChI=1S/C21H13Cl2F3N6O/c22-14-4-3-12(15(23)9-14)8-20(33)28-18-5-6-19(30-29-18)32-17(21(24,25)26)10-16(31-32)13-2-1-7-27-11-13/h1-7,9-11H,8H2,(H,28,29,33). The molecule has 7 nitrogen and oxygen atoms in total. The first-order valence-corrected chi connectivity index (χ1v) is 10.1. The Morgan fingerprint density at radius 2 is 1.88 bits per heavy atom. The molecule has 0 atom stereocenters. The highest BCUT2D eigenvalue weighted by molar-refractivity contribution is 6.35. The molecule has 1 aromatic carbocycles. The number of benzene rings is 1. The number of carbonyl (C=O) groups is 1. The number of alkyl halides is 3. The summed E-state index contributed by atoms with van der Waals surface area (Å²) in [5, 5.41) is 14.9. The van der Waals surface area contributed by atoms with Gasteiger partial charge in [0.1, 0.15) is 0 Å². The van der Waals surface area contributed by atoms with E-state index in [1.165, 1.54) is 30.6 Å². The number of anilines is 1. The normalized spacial score (nSPS) is 11.4. The predicted octanol–water partition coefficient (Wildman–Crippen LogP) is 5.23. The van der Waals surface area contributed by atoms with E-state index >= 15 is 0 Å². The van der Waals surface area contributed by atoms with Gasteiger partial charge < -0.3 is 5.32 Å². The van der Waals surface area contributed by atoms with E-state index in [-0.39, 0.29) is 23.8 Å². The second-order valence-corrected chi connectivity index (χ2v) is 7.65. The Morgan fingerprint density at radius 1 is 1.06 bits per heavy atom. The summed E-state index contributed by atoms with van der Waals surface area (Å²) >= 11 is 11.9. The van der Waals surface area contributed by atoms with E-state index in [1.54, 1.807) is 24.3 Å². The van der Waals surface area contributed by atoms with Gasteiger partial charge in [-0.25, -0.2) is 4.68 Å². The van der Waals surface area contributed by atoms with E-state index in [0.29, 0.717) is 25.9 Å². The van der Waals surface area contributed by atoms with Crippen LogP contribution in [0.2, 0.25) is 10.0 Å². The topological polar surface area (TPSA) is 85.6 Å². The fourth-order valence-corrected chi connectivity index (χ4v) is 3.42. The van der Waals surface area contributed by atoms with E-state index in [2.05, 4.69) is 25.6 Å². The lowest BCUT2D eigenvalue weighted by molar-refractivity contribution is -0.142. The Balaban J connectivity index is 1.55. The van der Waals surface area contributed by atoms with Gasteiger partial charge in [-0.05, 0) is 48.0 Å². The van der Waals surface area contributed by atoms with Gasteiger partial charge in [0.2, 0.25) is 5.91 Å². The second-order valence-electron chi connectivity index (χ2n) is 6.80. The first-order chi connectivity index (χ1) is 15.7. The number of hydrogen-bond acceptors (Lipinski definition) is 5. The molecule has 12 heteroatoms. The average Bonchev–Trinajstić information content (AvgIpc) is 3.23. The molecule has 3 aromatic heterocycles. The molecule has 0 radical (unpaired) electrons. The van der Waals surface area contributed by atoms with Crippen LogP contribution in [-0.4, -0.2) is 30.9 Å². The van der Waals surface area contributed by atoms with Crippen molar-refractivity contribution in [3.8, 4) is 17.1 Å². The maximum absolute atomic E-state index is 13.6. The summed E-state index contributed by atoms with van der Waals surface area (Å²) < 4.78 is 41.4. The second kappa shape index (κ2) is 9.16.